The summed E-state index contributed by atoms with van der Waals surface area (Å²) in [7, 11) is 0. The molecule has 46 valence electrons. The fraction of sp³-hybridized carbons (Fsp3) is 0.600. The van der Waals surface area contributed by atoms with E-state index < -0.39 is 0 Å². The lowest BCUT2D eigenvalue weighted by molar-refractivity contribution is 0.314. The number of rotatable bonds is 2. The van der Waals surface area contributed by atoms with Crippen LogP contribution in [0.3, 0.4) is 0 Å². The summed E-state index contributed by atoms with van der Waals surface area (Å²) in [5, 5.41) is 0. The molecule has 0 N–H and O–H groups in total. The van der Waals surface area contributed by atoms with E-state index in [0.29, 0.717) is 0 Å². The molecule has 2 heteroatoms. The molecule has 1 nitrogen and oxygen atoms in total. The van der Waals surface area contributed by atoms with E-state index in [0.717, 1.165) is 0 Å². The van der Waals surface area contributed by atoms with E-state index in [2.05, 4.69) is 11.3 Å². The van der Waals surface area contributed by atoms with Gasteiger partial charge in [0.15, 0.2) is 6.07 Å². The van der Waals surface area contributed by atoms with Crippen LogP contribution in [0.2, 0.25) is 0 Å². The fourth-order valence-electron chi connectivity index (χ4n) is 0.0445. The summed E-state index contributed by atoms with van der Waals surface area (Å²) in [5.41, 5.74) is 0. The zero-order valence-corrected chi connectivity index (χ0v) is 3.53. The normalized spacial score (nSPS) is 4.71. The van der Waals surface area contributed by atoms with E-state index in [1.807, 2.05) is 0 Å². The van der Waals surface area contributed by atoms with E-state index in [1.54, 1.807) is 0 Å². The third kappa shape index (κ3) is 25.5. The van der Waals surface area contributed by atoms with Crippen LogP contribution in [-0.2, 0) is 4.74 Å². The third-order valence-electron chi connectivity index (χ3n) is 0.181. The van der Waals surface area contributed by atoms with Crippen LogP contribution < -0.4 is 0 Å². The highest BCUT2D eigenvalue weighted by Crippen LogP contribution is 1.74. The quantitative estimate of drug-likeness (QED) is 0.406. The number of halogens is 1. The summed E-state index contributed by atoms with van der Waals surface area (Å²) >= 11 is 5.01. The third-order valence-corrected chi connectivity index (χ3v) is 0.307. The molecule has 0 aliphatic heterocycles. The van der Waals surface area contributed by atoms with Gasteiger partial charge in [-0.2, -0.15) is 0 Å². The van der Waals surface area contributed by atoms with Crippen LogP contribution >= 0.6 is 11.6 Å². The predicted molar refractivity (Wildman–Crippen MR) is 35.5 cm³/mol. The van der Waals surface area contributed by atoms with Gasteiger partial charge in [-0.05, 0) is 0 Å². The minimum absolute atomic E-state index is 0. The topological polar surface area (TPSA) is 9.23 Å². The number of ether oxygens (including phenoxy) is 1. The monoisotopic (exact) mass is 124 g/mol. The van der Waals surface area contributed by atoms with Crippen molar-refractivity contribution in [3.63, 3.8) is 0 Å². The molecule has 0 aromatic rings. The van der Waals surface area contributed by atoms with Gasteiger partial charge in [-0.15, -0.1) is 0 Å². The van der Waals surface area contributed by atoms with Crippen molar-refractivity contribution < 1.29 is 4.74 Å². The maximum absolute atomic E-state index is 5.01. The summed E-state index contributed by atoms with van der Waals surface area (Å²) in [5.74, 6) is 0. The maximum atomic E-state index is 5.01. The van der Waals surface area contributed by atoms with Crippen molar-refractivity contribution in [2.24, 2.45) is 0 Å². The molecule has 0 atom stereocenters. The zero-order valence-electron chi connectivity index (χ0n) is 2.78. The Morgan fingerprint density at radius 2 is 2.00 bits per heavy atom. The molecule has 7 heavy (non-hydrogen) atoms. The highest BCUT2D eigenvalue weighted by molar-refractivity contribution is 6.17. The van der Waals surface area contributed by atoms with E-state index in [-0.39, 0.29) is 20.9 Å². The molecule has 0 bridgehead atoms. The number of hydrogen-bond donors (Lipinski definition) is 0. The van der Waals surface area contributed by atoms with Crippen molar-refractivity contribution in [1.82, 2.24) is 0 Å². The smallest absolute Gasteiger partial charge is 0.161 e. The Kier molecular flexibility index (Phi) is 38.4. The van der Waals surface area contributed by atoms with Crippen LogP contribution in [0.15, 0.2) is 12.8 Å². The fourth-order valence-corrected chi connectivity index (χ4v) is 0.134. The number of hydrogen-bond acceptors (Lipinski definition) is 1. The predicted octanol–water partition coefficient (Wildman–Crippen LogP) is 2.62. The van der Waals surface area contributed by atoms with Crippen molar-refractivity contribution in [3.8, 4) is 0 Å². The van der Waals surface area contributed by atoms with Gasteiger partial charge in [0.2, 0.25) is 0 Å². The molecular weight excluding hydrogens is 112 g/mol. The van der Waals surface area contributed by atoms with Gasteiger partial charge in [0.05, 0.1) is 6.26 Å². The van der Waals surface area contributed by atoms with Crippen molar-refractivity contribution in [2.75, 3.05) is 6.07 Å². The molecule has 0 aliphatic rings. The summed E-state index contributed by atoms with van der Waals surface area (Å²) in [6, 6.07) is 0.198. The van der Waals surface area contributed by atoms with Crippen LogP contribution in [0, 0.1) is 0 Å². The molecule has 0 aromatic heterocycles. The molecule has 0 rings (SSSR count). The highest BCUT2D eigenvalue weighted by atomic mass is 35.5. The molecular formula is C5H13ClO. The molecule has 0 amide bonds. The molecule has 0 saturated heterocycles. The standard InChI is InChI=1S/C3H5ClO.2CH4/c1-2-5-3-4;;/h2H,1,3H2;2*1H4. The Labute approximate surface area is 50.9 Å². The molecule has 0 spiro atoms. The van der Waals surface area contributed by atoms with Crippen molar-refractivity contribution in [3.05, 3.63) is 12.8 Å². The van der Waals surface area contributed by atoms with Gasteiger partial charge in [-0.3, -0.25) is 0 Å². The lowest BCUT2D eigenvalue weighted by Gasteiger charge is -1.82. The largest absolute Gasteiger partial charge is 0.486 e. The average molecular weight is 125 g/mol. The Bertz CT molecular complexity index is 29.3. The average Bonchev–Trinajstić information content (AvgIpc) is 1.41. The molecule has 0 radical (unpaired) electrons. The van der Waals surface area contributed by atoms with Crippen LogP contribution in [0.1, 0.15) is 14.9 Å². The van der Waals surface area contributed by atoms with E-state index >= 15 is 0 Å². The lowest BCUT2D eigenvalue weighted by atomic mass is 11.2. The first-order valence-electron chi connectivity index (χ1n) is 1.20. The second-order valence-electron chi connectivity index (χ2n) is 0.442. The minimum atomic E-state index is 0. The SMILES string of the molecule is C.C.C=COCCl. The number of alkyl halides is 1. The van der Waals surface area contributed by atoms with Gasteiger partial charge < -0.3 is 4.74 Å². The van der Waals surface area contributed by atoms with Gasteiger partial charge in [0, 0.05) is 0 Å². The minimum Gasteiger partial charge on any atom is -0.486 e. The summed E-state index contributed by atoms with van der Waals surface area (Å²) < 4.78 is 4.36. The van der Waals surface area contributed by atoms with Gasteiger partial charge in [0.1, 0.15) is 0 Å². The summed E-state index contributed by atoms with van der Waals surface area (Å²) in [6.07, 6.45) is 1.30. The zero-order chi connectivity index (χ0) is 4.12. The van der Waals surface area contributed by atoms with Crippen LogP contribution in [0.4, 0.5) is 0 Å². The first-order chi connectivity index (χ1) is 2.41. The molecule has 0 heterocycles. The van der Waals surface area contributed by atoms with Crippen molar-refractivity contribution >= 4 is 11.6 Å². The Morgan fingerprint density at radius 1 is 1.57 bits per heavy atom. The first-order valence-corrected chi connectivity index (χ1v) is 1.73. The maximum Gasteiger partial charge on any atom is 0.161 e. The second kappa shape index (κ2) is 17.0. The van der Waals surface area contributed by atoms with Crippen LogP contribution in [0.5, 0.6) is 0 Å². The first kappa shape index (κ1) is 15.8. The van der Waals surface area contributed by atoms with Gasteiger partial charge in [-0.25, -0.2) is 0 Å². The highest BCUT2D eigenvalue weighted by Gasteiger charge is 1.58. The molecule has 0 saturated carbocycles. The van der Waals surface area contributed by atoms with Crippen molar-refractivity contribution in [2.45, 2.75) is 14.9 Å². The Morgan fingerprint density at radius 3 is 2.00 bits per heavy atom. The van der Waals surface area contributed by atoms with Crippen LogP contribution in [0.25, 0.3) is 0 Å². The van der Waals surface area contributed by atoms with Crippen LogP contribution in [-0.4, -0.2) is 6.07 Å². The Hall–Kier alpha value is -0.170. The van der Waals surface area contributed by atoms with Gasteiger partial charge >= 0.3 is 0 Å². The van der Waals surface area contributed by atoms with E-state index in [4.69, 9.17) is 11.6 Å². The van der Waals surface area contributed by atoms with E-state index in [1.165, 1.54) is 6.26 Å². The van der Waals surface area contributed by atoms with Crippen molar-refractivity contribution in [1.29, 1.82) is 0 Å². The molecule has 0 aliphatic carbocycles. The summed E-state index contributed by atoms with van der Waals surface area (Å²) in [4.78, 5) is 0. The van der Waals surface area contributed by atoms with Gasteiger partial charge in [0.25, 0.3) is 0 Å². The molecule has 0 fully saturated rings. The molecule has 0 aromatic carbocycles. The second-order valence-corrected chi connectivity index (χ2v) is 0.661. The Balaban J connectivity index is -0.0000000800. The van der Waals surface area contributed by atoms with E-state index in [9.17, 15) is 0 Å². The summed E-state index contributed by atoms with van der Waals surface area (Å²) in [6.45, 7) is 3.24. The molecule has 0 unspecified atom stereocenters. The lowest BCUT2D eigenvalue weighted by Crippen LogP contribution is -1.67. The van der Waals surface area contributed by atoms with Gasteiger partial charge in [-0.1, -0.05) is 33.0 Å².